The molecule has 0 radical (unpaired) electrons. The van der Waals surface area contributed by atoms with E-state index in [-0.39, 0.29) is 43.6 Å². The average Bonchev–Trinajstić information content (AvgIpc) is 2.99. The molecule has 9 nitrogen and oxygen atoms in total. The van der Waals surface area contributed by atoms with Crippen LogP contribution in [0.4, 0.5) is 0 Å². The largest absolute Gasteiger partial charge is 0.484 e. The molecule has 3 aromatic rings. The van der Waals surface area contributed by atoms with E-state index in [1.54, 1.807) is 49.4 Å². The SMILES string of the molecule is C[C@H](C(=O)NCc1ccc(Cl)cc1Cl)N(Cc1ccc(Cl)cc1)C(=O)COc1ccc(S(=O)(=O)N2CCOCC2)cc1. The van der Waals surface area contributed by atoms with Crippen LogP contribution in [0.2, 0.25) is 15.1 Å². The Balaban J connectivity index is 1.43. The van der Waals surface area contributed by atoms with Crippen LogP contribution in [-0.2, 0) is 37.4 Å². The van der Waals surface area contributed by atoms with E-state index >= 15 is 0 Å². The normalized spacial score (nSPS) is 14.7. The third kappa shape index (κ3) is 8.37. The molecule has 1 N–H and O–H groups in total. The van der Waals surface area contributed by atoms with Gasteiger partial charge in [-0.1, -0.05) is 53.0 Å². The second-order valence-electron chi connectivity index (χ2n) is 9.55. The van der Waals surface area contributed by atoms with Gasteiger partial charge in [0.25, 0.3) is 5.91 Å². The molecule has 1 heterocycles. The van der Waals surface area contributed by atoms with Gasteiger partial charge in [0.15, 0.2) is 6.61 Å². The molecule has 224 valence electrons. The zero-order valence-electron chi connectivity index (χ0n) is 22.8. The number of rotatable bonds is 11. The Morgan fingerprint density at radius 3 is 2.26 bits per heavy atom. The van der Waals surface area contributed by atoms with Crippen LogP contribution < -0.4 is 10.1 Å². The summed E-state index contributed by atoms with van der Waals surface area (Å²) >= 11 is 18.2. The van der Waals surface area contributed by atoms with Crippen LogP contribution in [-0.4, -0.2) is 68.4 Å². The molecule has 1 fully saturated rings. The van der Waals surface area contributed by atoms with Gasteiger partial charge in [-0.05, 0) is 66.6 Å². The van der Waals surface area contributed by atoms with Crippen molar-refractivity contribution in [1.82, 2.24) is 14.5 Å². The van der Waals surface area contributed by atoms with Gasteiger partial charge in [-0.15, -0.1) is 0 Å². The molecule has 0 unspecified atom stereocenters. The number of hydrogen-bond donors (Lipinski definition) is 1. The number of carbonyl (C=O) groups excluding carboxylic acids is 2. The highest BCUT2D eigenvalue weighted by Gasteiger charge is 2.28. The Bertz CT molecular complexity index is 1500. The molecule has 13 heteroatoms. The van der Waals surface area contributed by atoms with Crippen molar-refractivity contribution in [2.24, 2.45) is 0 Å². The highest BCUT2D eigenvalue weighted by molar-refractivity contribution is 7.89. The summed E-state index contributed by atoms with van der Waals surface area (Å²) in [5, 5.41) is 4.27. The number of nitrogens with one attached hydrogen (secondary N) is 1. The minimum atomic E-state index is -3.66. The Morgan fingerprint density at radius 1 is 0.976 bits per heavy atom. The van der Waals surface area contributed by atoms with Crippen molar-refractivity contribution in [1.29, 1.82) is 0 Å². The van der Waals surface area contributed by atoms with Gasteiger partial charge in [0.1, 0.15) is 11.8 Å². The van der Waals surface area contributed by atoms with Gasteiger partial charge in [-0.2, -0.15) is 4.31 Å². The third-order valence-corrected chi connectivity index (χ3v) is 9.45. The summed E-state index contributed by atoms with van der Waals surface area (Å²) in [5.74, 6) is -0.520. The number of morpholine rings is 1. The van der Waals surface area contributed by atoms with E-state index in [1.807, 2.05) is 0 Å². The smallest absolute Gasteiger partial charge is 0.261 e. The predicted molar refractivity (Wildman–Crippen MR) is 161 cm³/mol. The first-order valence-corrected chi connectivity index (χ1v) is 15.7. The zero-order chi connectivity index (χ0) is 30.3. The maximum absolute atomic E-state index is 13.4. The Morgan fingerprint density at radius 2 is 1.62 bits per heavy atom. The average molecular weight is 655 g/mol. The minimum absolute atomic E-state index is 0.124. The molecule has 1 aliphatic heterocycles. The lowest BCUT2D eigenvalue weighted by atomic mass is 10.1. The first-order chi connectivity index (χ1) is 20.0. The predicted octanol–water partition coefficient (Wildman–Crippen LogP) is 4.78. The van der Waals surface area contributed by atoms with E-state index in [2.05, 4.69) is 5.32 Å². The first kappa shape index (κ1) is 32.1. The van der Waals surface area contributed by atoms with Gasteiger partial charge in [0.05, 0.1) is 18.1 Å². The van der Waals surface area contributed by atoms with Crippen LogP contribution in [0.1, 0.15) is 18.1 Å². The summed E-state index contributed by atoms with van der Waals surface area (Å²) in [4.78, 5) is 28.0. The van der Waals surface area contributed by atoms with E-state index in [4.69, 9.17) is 44.3 Å². The molecule has 4 rings (SSSR count). The summed E-state index contributed by atoms with van der Waals surface area (Å²) < 4.78 is 38.1. The first-order valence-electron chi connectivity index (χ1n) is 13.1. The lowest BCUT2D eigenvalue weighted by molar-refractivity contribution is -0.142. The van der Waals surface area contributed by atoms with Crippen molar-refractivity contribution in [2.45, 2.75) is 31.0 Å². The molecule has 0 bridgehead atoms. The standard InChI is InChI=1S/C29H30Cl3N3O6S/c1-20(29(37)33-17-22-4-7-24(31)16-27(22)32)35(18-21-2-5-23(30)6-3-21)28(36)19-41-25-8-10-26(11-9-25)42(38,39)34-12-14-40-15-13-34/h2-11,16,20H,12-15,17-19H2,1H3,(H,33,37)/t20-/m1/s1. The lowest BCUT2D eigenvalue weighted by Crippen LogP contribution is -2.48. The highest BCUT2D eigenvalue weighted by atomic mass is 35.5. The van der Waals surface area contributed by atoms with E-state index < -0.39 is 22.0 Å². The Kier molecular flexibility index (Phi) is 11.1. The molecule has 42 heavy (non-hydrogen) atoms. The van der Waals surface area contributed by atoms with Crippen LogP contribution in [0, 0.1) is 0 Å². The highest BCUT2D eigenvalue weighted by Crippen LogP contribution is 2.22. The quantitative estimate of drug-likeness (QED) is 0.319. The van der Waals surface area contributed by atoms with Crippen LogP contribution in [0.25, 0.3) is 0 Å². The fourth-order valence-corrected chi connectivity index (χ4v) is 6.25. The molecule has 3 aromatic carbocycles. The number of benzene rings is 3. The molecule has 0 saturated carbocycles. The van der Waals surface area contributed by atoms with Gasteiger partial charge >= 0.3 is 0 Å². The van der Waals surface area contributed by atoms with Crippen molar-refractivity contribution in [3.05, 3.63) is 92.9 Å². The number of hydrogen-bond acceptors (Lipinski definition) is 6. The number of sulfonamides is 1. The molecule has 0 spiro atoms. The maximum Gasteiger partial charge on any atom is 0.261 e. The number of carbonyl (C=O) groups is 2. The van der Waals surface area contributed by atoms with Crippen LogP contribution in [0.3, 0.4) is 0 Å². The van der Waals surface area contributed by atoms with Crippen molar-refractivity contribution in [3.63, 3.8) is 0 Å². The third-order valence-electron chi connectivity index (χ3n) is 6.70. The van der Waals surface area contributed by atoms with Crippen molar-refractivity contribution in [3.8, 4) is 5.75 Å². The van der Waals surface area contributed by atoms with E-state index in [1.165, 1.54) is 33.5 Å². The zero-order valence-corrected chi connectivity index (χ0v) is 25.8. The van der Waals surface area contributed by atoms with Gasteiger partial charge in [0.2, 0.25) is 15.9 Å². The molecule has 1 aliphatic rings. The van der Waals surface area contributed by atoms with Gasteiger partial charge < -0.3 is 19.7 Å². The molecule has 1 saturated heterocycles. The molecule has 0 aromatic heterocycles. The Labute approximate surface area is 260 Å². The summed E-state index contributed by atoms with van der Waals surface area (Å²) in [6.45, 7) is 2.81. The topological polar surface area (TPSA) is 105 Å². The van der Waals surface area contributed by atoms with E-state index in [9.17, 15) is 18.0 Å². The molecule has 2 amide bonds. The summed E-state index contributed by atoms with van der Waals surface area (Å²) in [5.41, 5.74) is 1.45. The minimum Gasteiger partial charge on any atom is -0.484 e. The van der Waals surface area contributed by atoms with Crippen LogP contribution in [0.15, 0.2) is 71.6 Å². The summed E-state index contributed by atoms with van der Waals surface area (Å²) in [6, 6.07) is 17.0. The van der Waals surface area contributed by atoms with Crippen molar-refractivity contribution < 1.29 is 27.5 Å². The molecule has 1 atom stereocenters. The van der Waals surface area contributed by atoms with E-state index in [0.29, 0.717) is 39.6 Å². The second-order valence-corrected chi connectivity index (χ2v) is 12.8. The van der Waals surface area contributed by atoms with Crippen LogP contribution >= 0.6 is 34.8 Å². The monoisotopic (exact) mass is 653 g/mol. The van der Waals surface area contributed by atoms with E-state index in [0.717, 1.165) is 5.56 Å². The molecular formula is C29H30Cl3N3O6S. The summed E-state index contributed by atoms with van der Waals surface area (Å²) in [6.07, 6.45) is 0. The number of ether oxygens (including phenoxy) is 2. The fourth-order valence-electron chi connectivity index (χ4n) is 4.24. The van der Waals surface area contributed by atoms with Crippen molar-refractivity contribution >= 4 is 56.6 Å². The molecule has 0 aliphatic carbocycles. The van der Waals surface area contributed by atoms with Gasteiger partial charge in [0, 0.05) is 41.2 Å². The van der Waals surface area contributed by atoms with Gasteiger partial charge in [-0.25, -0.2) is 8.42 Å². The van der Waals surface area contributed by atoms with Crippen molar-refractivity contribution in [2.75, 3.05) is 32.9 Å². The molecular weight excluding hydrogens is 625 g/mol. The number of amides is 2. The second kappa shape index (κ2) is 14.5. The van der Waals surface area contributed by atoms with Gasteiger partial charge in [-0.3, -0.25) is 9.59 Å². The number of nitrogens with zero attached hydrogens (tertiary/aromatic N) is 2. The Hall–Kier alpha value is -2.86. The summed E-state index contributed by atoms with van der Waals surface area (Å²) in [7, 11) is -3.66. The lowest BCUT2D eigenvalue weighted by Gasteiger charge is -2.29. The number of halogens is 3. The fraction of sp³-hybridized carbons (Fsp3) is 0.310. The van der Waals surface area contributed by atoms with Crippen LogP contribution in [0.5, 0.6) is 5.75 Å². The maximum atomic E-state index is 13.4.